The third-order valence-electron chi connectivity index (χ3n) is 4.51. The average Bonchev–Trinajstić information content (AvgIpc) is 2.56. The van der Waals surface area contributed by atoms with E-state index in [9.17, 15) is 0 Å². The van der Waals surface area contributed by atoms with Gasteiger partial charge in [0.15, 0.2) is 0 Å². The zero-order chi connectivity index (χ0) is 17.3. The van der Waals surface area contributed by atoms with Crippen LogP contribution in [0.1, 0.15) is 43.0 Å². The molecule has 1 heteroatoms. The fourth-order valence-electron chi connectivity index (χ4n) is 2.96. The van der Waals surface area contributed by atoms with E-state index < -0.39 is 0 Å². The molecule has 0 saturated heterocycles. The minimum atomic E-state index is -0.242. The Kier molecular flexibility index (Phi) is 4.19. The first-order valence-electron chi connectivity index (χ1n) is 8.32. The van der Waals surface area contributed by atoms with Crippen molar-refractivity contribution >= 4 is 17.7 Å². The second-order valence-electron chi connectivity index (χ2n) is 6.90. The maximum atomic E-state index is 6.05. The summed E-state index contributed by atoms with van der Waals surface area (Å²) in [6, 6.07) is 14.5. The molecule has 3 rings (SSSR count). The van der Waals surface area contributed by atoms with E-state index in [4.69, 9.17) is 4.74 Å². The Balaban J connectivity index is 1.95. The molecular weight excluding hydrogens is 292 g/mol. The van der Waals surface area contributed by atoms with Gasteiger partial charge in [-0.1, -0.05) is 55.1 Å². The SMILES string of the molecule is C=C(/C(C)=C/c1ccc2c(c1C)C=CC(C)(C)O2)c1ccccc1. The van der Waals surface area contributed by atoms with E-state index in [0.29, 0.717) is 0 Å². The molecule has 1 aliphatic rings. The Hall–Kier alpha value is -2.54. The third kappa shape index (κ3) is 3.21. The van der Waals surface area contributed by atoms with Crippen LogP contribution in [0.4, 0.5) is 0 Å². The highest BCUT2D eigenvalue weighted by Crippen LogP contribution is 2.35. The van der Waals surface area contributed by atoms with Gasteiger partial charge < -0.3 is 4.74 Å². The fraction of sp³-hybridized carbons (Fsp3) is 0.217. The lowest BCUT2D eigenvalue weighted by molar-refractivity contribution is 0.159. The predicted octanol–water partition coefficient (Wildman–Crippen LogP) is 6.30. The van der Waals surface area contributed by atoms with E-state index in [1.54, 1.807) is 0 Å². The lowest BCUT2D eigenvalue weighted by Crippen LogP contribution is -2.27. The Morgan fingerprint density at radius 3 is 2.50 bits per heavy atom. The van der Waals surface area contributed by atoms with Crippen LogP contribution in [0.25, 0.3) is 17.7 Å². The summed E-state index contributed by atoms with van der Waals surface area (Å²) < 4.78 is 6.05. The van der Waals surface area contributed by atoms with Gasteiger partial charge in [-0.3, -0.25) is 0 Å². The normalized spacial score (nSPS) is 15.6. The van der Waals surface area contributed by atoms with Gasteiger partial charge >= 0.3 is 0 Å². The Bertz CT molecular complexity index is 836. The van der Waals surface area contributed by atoms with Crippen LogP contribution in [0, 0.1) is 6.92 Å². The van der Waals surface area contributed by atoms with Gasteiger partial charge in [0.05, 0.1) is 0 Å². The summed E-state index contributed by atoms with van der Waals surface area (Å²) in [5.41, 5.74) is 6.75. The molecule has 2 aromatic carbocycles. The minimum absolute atomic E-state index is 0.242. The first-order valence-corrected chi connectivity index (χ1v) is 8.32. The van der Waals surface area contributed by atoms with E-state index in [1.807, 2.05) is 18.2 Å². The second kappa shape index (κ2) is 6.16. The van der Waals surface area contributed by atoms with Crippen molar-refractivity contribution in [1.29, 1.82) is 0 Å². The van der Waals surface area contributed by atoms with E-state index >= 15 is 0 Å². The maximum absolute atomic E-state index is 6.05. The van der Waals surface area contributed by atoms with E-state index in [2.05, 4.69) is 76.8 Å². The summed E-state index contributed by atoms with van der Waals surface area (Å²) >= 11 is 0. The molecule has 24 heavy (non-hydrogen) atoms. The highest BCUT2D eigenvalue weighted by Gasteiger charge is 2.22. The van der Waals surface area contributed by atoms with Gasteiger partial charge in [-0.25, -0.2) is 0 Å². The highest BCUT2D eigenvalue weighted by molar-refractivity contribution is 5.83. The van der Waals surface area contributed by atoms with E-state index in [-0.39, 0.29) is 5.60 Å². The summed E-state index contributed by atoms with van der Waals surface area (Å²) in [7, 11) is 0. The Morgan fingerprint density at radius 2 is 1.79 bits per heavy atom. The largest absolute Gasteiger partial charge is 0.483 e. The molecule has 0 spiro atoms. The summed E-state index contributed by atoms with van der Waals surface area (Å²) in [4.78, 5) is 0. The molecule has 0 saturated carbocycles. The summed E-state index contributed by atoms with van der Waals surface area (Å²) in [5, 5.41) is 0. The maximum Gasteiger partial charge on any atom is 0.128 e. The molecule has 0 fully saturated rings. The number of allylic oxidation sites excluding steroid dienone is 2. The first-order chi connectivity index (χ1) is 11.4. The Labute approximate surface area is 145 Å². The molecule has 0 amide bonds. The van der Waals surface area contributed by atoms with Crippen molar-refractivity contribution < 1.29 is 4.74 Å². The van der Waals surface area contributed by atoms with E-state index in [0.717, 1.165) is 16.9 Å². The molecule has 122 valence electrons. The molecule has 0 aromatic heterocycles. The lowest BCUT2D eigenvalue weighted by atomic mass is 9.93. The van der Waals surface area contributed by atoms with Crippen LogP contribution in [0.15, 0.2) is 60.7 Å². The molecule has 1 heterocycles. The van der Waals surface area contributed by atoms with E-state index in [1.165, 1.54) is 22.3 Å². The zero-order valence-electron chi connectivity index (χ0n) is 14.9. The smallest absolute Gasteiger partial charge is 0.128 e. The summed E-state index contributed by atoms with van der Waals surface area (Å²) in [5.74, 6) is 0.955. The number of rotatable bonds is 3. The molecule has 1 aliphatic heterocycles. The van der Waals surface area contributed by atoms with Gasteiger partial charge in [0.25, 0.3) is 0 Å². The summed E-state index contributed by atoms with van der Waals surface area (Å²) in [6.45, 7) is 12.7. The van der Waals surface area contributed by atoms with Crippen molar-refractivity contribution in [1.82, 2.24) is 0 Å². The zero-order valence-corrected chi connectivity index (χ0v) is 14.9. The van der Waals surface area contributed by atoms with Gasteiger partial charge in [0.2, 0.25) is 0 Å². The van der Waals surface area contributed by atoms with Gasteiger partial charge in [-0.15, -0.1) is 0 Å². The molecule has 0 N–H and O–H groups in total. The van der Waals surface area contributed by atoms with Crippen LogP contribution in [0.2, 0.25) is 0 Å². The number of fused-ring (bicyclic) bond motifs is 1. The average molecular weight is 316 g/mol. The third-order valence-corrected chi connectivity index (χ3v) is 4.51. The number of hydrogen-bond donors (Lipinski definition) is 0. The number of hydrogen-bond acceptors (Lipinski definition) is 1. The van der Waals surface area contributed by atoms with Crippen molar-refractivity contribution in [3.05, 3.63) is 82.9 Å². The number of ether oxygens (including phenoxy) is 1. The molecule has 0 atom stereocenters. The summed E-state index contributed by atoms with van der Waals surface area (Å²) in [6.07, 6.45) is 6.50. The molecule has 2 aromatic rings. The van der Waals surface area contributed by atoms with Crippen molar-refractivity contribution in [3.8, 4) is 5.75 Å². The minimum Gasteiger partial charge on any atom is -0.483 e. The molecule has 1 nitrogen and oxygen atoms in total. The van der Waals surface area contributed by atoms with Crippen molar-refractivity contribution in [2.75, 3.05) is 0 Å². The topological polar surface area (TPSA) is 9.23 Å². The van der Waals surface area contributed by atoms with Crippen molar-refractivity contribution in [2.24, 2.45) is 0 Å². The highest BCUT2D eigenvalue weighted by atomic mass is 16.5. The molecule has 0 unspecified atom stereocenters. The quantitative estimate of drug-likeness (QED) is 0.604. The van der Waals surface area contributed by atoms with Crippen LogP contribution < -0.4 is 4.74 Å². The van der Waals surface area contributed by atoms with Gasteiger partial charge in [-0.2, -0.15) is 0 Å². The van der Waals surface area contributed by atoms with Gasteiger partial charge in [0, 0.05) is 5.56 Å². The lowest BCUT2D eigenvalue weighted by Gasteiger charge is -2.29. The van der Waals surface area contributed by atoms with Crippen LogP contribution in [-0.2, 0) is 0 Å². The monoisotopic (exact) mass is 316 g/mol. The first kappa shape index (κ1) is 16.3. The standard InChI is InChI=1S/C23H24O/c1-16(17(2)19-9-7-6-8-10-19)15-20-11-12-22-21(18(20)3)13-14-23(4,5)24-22/h6-15H,2H2,1,3-5H3/b16-15+. The molecular formula is C23H24O. The van der Waals surface area contributed by atoms with Crippen molar-refractivity contribution in [3.63, 3.8) is 0 Å². The second-order valence-corrected chi connectivity index (χ2v) is 6.90. The predicted molar refractivity (Wildman–Crippen MR) is 104 cm³/mol. The van der Waals surface area contributed by atoms with Crippen LogP contribution in [-0.4, -0.2) is 5.60 Å². The Morgan fingerprint density at radius 1 is 1.08 bits per heavy atom. The van der Waals surface area contributed by atoms with Crippen molar-refractivity contribution in [2.45, 2.75) is 33.3 Å². The van der Waals surface area contributed by atoms with Crippen LogP contribution >= 0.6 is 0 Å². The number of benzene rings is 2. The molecule has 0 radical (unpaired) electrons. The van der Waals surface area contributed by atoms with Gasteiger partial charge in [-0.05, 0) is 67.7 Å². The van der Waals surface area contributed by atoms with Gasteiger partial charge in [0.1, 0.15) is 11.4 Å². The molecule has 0 aliphatic carbocycles. The van der Waals surface area contributed by atoms with Crippen LogP contribution in [0.3, 0.4) is 0 Å². The molecule has 0 bridgehead atoms. The fourth-order valence-corrected chi connectivity index (χ4v) is 2.96. The van der Waals surface area contributed by atoms with Crippen LogP contribution in [0.5, 0.6) is 5.75 Å².